The van der Waals surface area contributed by atoms with Gasteiger partial charge in [0.15, 0.2) is 23.1 Å². The van der Waals surface area contributed by atoms with Crippen LogP contribution in [0.5, 0.6) is 17.2 Å². The average Bonchev–Trinajstić information content (AvgIpc) is 2.46. The first-order valence-corrected chi connectivity index (χ1v) is 5.97. The molecule has 0 amide bonds. The lowest BCUT2D eigenvalue weighted by Gasteiger charge is -2.21. The van der Waals surface area contributed by atoms with Crippen molar-refractivity contribution in [3.8, 4) is 17.2 Å². The quantitative estimate of drug-likeness (QED) is 0.472. The minimum atomic E-state index is -1.16. The molecule has 2 rings (SSSR count). The number of fused-ring (bicyclic) bond motifs is 1. The van der Waals surface area contributed by atoms with Crippen molar-refractivity contribution in [3.63, 3.8) is 0 Å². The van der Waals surface area contributed by atoms with Gasteiger partial charge in [-0.05, 0) is 6.92 Å². The summed E-state index contributed by atoms with van der Waals surface area (Å²) in [5.74, 6) is -3.42. The molecule has 1 aliphatic heterocycles. The molecule has 0 aliphatic carbocycles. The Morgan fingerprint density at radius 1 is 1.35 bits per heavy atom. The van der Waals surface area contributed by atoms with E-state index in [1.165, 1.54) is 13.2 Å². The molecule has 0 spiro atoms. The van der Waals surface area contributed by atoms with Crippen LogP contribution in [-0.2, 0) is 9.53 Å². The lowest BCUT2D eigenvalue weighted by atomic mass is 10.1. The largest absolute Gasteiger partial charge is 0.494 e. The van der Waals surface area contributed by atoms with E-state index in [1.54, 1.807) is 6.92 Å². The van der Waals surface area contributed by atoms with Gasteiger partial charge in [0.25, 0.3) is 5.78 Å². The molecule has 0 fully saturated rings. The molecule has 0 bridgehead atoms. The van der Waals surface area contributed by atoms with E-state index in [4.69, 9.17) is 14.2 Å². The molecule has 0 atom stereocenters. The Morgan fingerprint density at radius 3 is 2.70 bits per heavy atom. The van der Waals surface area contributed by atoms with Crippen molar-refractivity contribution in [1.82, 2.24) is 0 Å². The Morgan fingerprint density at radius 2 is 2.05 bits per heavy atom. The molecule has 0 saturated carbocycles. The maximum atomic E-state index is 14.2. The van der Waals surface area contributed by atoms with Crippen molar-refractivity contribution in [2.24, 2.45) is 0 Å². The molecule has 0 aromatic heterocycles. The second-order valence-corrected chi connectivity index (χ2v) is 3.84. The number of rotatable bonds is 4. The fraction of sp³-hybridized carbons (Fsp3) is 0.385. The monoisotopic (exact) mass is 284 g/mol. The number of carbonyl (C=O) groups excluding carboxylic acids is 2. The summed E-state index contributed by atoms with van der Waals surface area (Å²) in [6.45, 7) is 1.97. The molecule has 20 heavy (non-hydrogen) atoms. The number of Topliss-reactive ketones (excluding diaryl/α,β-unsaturated/α-hetero) is 1. The number of methoxy groups -OCH3 is 1. The molecule has 0 unspecified atom stereocenters. The van der Waals surface area contributed by atoms with Crippen molar-refractivity contribution in [3.05, 3.63) is 17.4 Å². The first-order chi connectivity index (χ1) is 9.60. The SMILES string of the molecule is CCOC(=O)C(=O)c1c(F)c(OC)cc2c1OCCO2. The second-order valence-electron chi connectivity index (χ2n) is 3.84. The van der Waals surface area contributed by atoms with Crippen molar-refractivity contribution in [2.75, 3.05) is 26.9 Å². The lowest BCUT2D eigenvalue weighted by molar-refractivity contribution is -0.137. The Balaban J connectivity index is 2.54. The minimum Gasteiger partial charge on any atom is -0.494 e. The van der Waals surface area contributed by atoms with E-state index < -0.39 is 23.1 Å². The van der Waals surface area contributed by atoms with Gasteiger partial charge in [-0.25, -0.2) is 9.18 Å². The summed E-state index contributed by atoms with van der Waals surface area (Å²) in [6, 6.07) is 1.27. The van der Waals surface area contributed by atoms with Crippen LogP contribution in [0.2, 0.25) is 0 Å². The van der Waals surface area contributed by atoms with Crippen molar-refractivity contribution < 1.29 is 32.9 Å². The molecule has 0 N–H and O–H groups in total. The van der Waals surface area contributed by atoms with Crippen molar-refractivity contribution in [1.29, 1.82) is 0 Å². The number of esters is 1. The predicted molar refractivity (Wildman–Crippen MR) is 64.9 cm³/mol. The number of ether oxygens (including phenoxy) is 4. The highest BCUT2D eigenvalue weighted by Crippen LogP contribution is 2.40. The third-order valence-electron chi connectivity index (χ3n) is 2.64. The molecule has 1 aromatic carbocycles. The summed E-state index contributed by atoms with van der Waals surface area (Å²) in [4.78, 5) is 23.5. The number of hydrogen-bond donors (Lipinski definition) is 0. The number of halogens is 1. The number of ketones is 1. The van der Waals surface area contributed by atoms with Crippen LogP contribution in [0, 0.1) is 5.82 Å². The van der Waals surface area contributed by atoms with Crippen LogP contribution in [0.25, 0.3) is 0 Å². The van der Waals surface area contributed by atoms with Crippen LogP contribution in [0.3, 0.4) is 0 Å². The molecule has 1 heterocycles. The molecular formula is C13H13FO6. The zero-order valence-corrected chi connectivity index (χ0v) is 11.0. The highest BCUT2D eigenvalue weighted by atomic mass is 19.1. The highest BCUT2D eigenvalue weighted by Gasteiger charge is 2.32. The van der Waals surface area contributed by atoms with E-state index in [9.17, 15) is 14.0 Å². The van der Waals surface area contributed by atoms with Crippen LogP contribution in [0.4, 0.5) is 4.39 Å². The Labute approximate surface area is 114 Å². The topological polar surface area (TPSA) is 71.1 Å². The van der Waals surface area contributed by atoms with Gasteiger partial charge in [-0.15, -0.1) is 0 Å². The minimum absolute atomic E-state index is 0.00963. The summed E-state index contributed by atoms with van der Waals surface area (Å²) in [7, 11) is 1.24. The normalized spacial score (nSPS) is 12.8. The molecule has 7 heteroatoms. The highest BCUT2D eigenvalue weighted by molar-refractivity contribution is 6.41. The zero-order chi connectivity index (χ0) is 14.7. The summed E-state index contributed by atoms with van der Waals surface area (Å²) < 4.78 is 34.1. The summed E-state index contributed by atoms with van der Waals surface area (Å²) in [5, 5.41) is 0. The third kappa shape index (κ3) is 2.38. The summed E-state index contributed by atoms with van der Waals surface area (Å²) in [5.41, 5.74) is -0.530. The van der Waals surface area contributed by atoms with Gasteiger partial charge < -0.3 is 18.9 Å². The molecule has 108 valence electrons. The predicted octanol–water partition coefficient (Wildman–Crippen LogP) is 1.35. The molecule has 6 nitrogen and oxygen atoms in total. The maximum absolute atomic E-state index is 14.2. The Bertz CT molecular complexity index is 554. The Kier molecular flexibility index (Phi) is 4.07. The van der Waals surface area contributed by atoms with E-state index >= 15 is 0 Å². The standard InChI is InChI=1S/C13H13FO6/c1-3-18-13(16)11(15)9-10(14)7(17-2)6-8-12(9)20-5-4-19-8/h6H,3-5H2,1-2H3. The smallest absolute Gasteiger partial charge is 0.379 e. The second kappa shape index (κ2) is 5.77. The van der Waals surface area contributed by atoms with Gasteiger partial charge in [0.1, 0.15) is 18.8 Å². The van der Waals surface area contributed by atoms with Gasteiger partial charge in [0.2, 0.25) is 0 Å². The van der Waals surface area contributed by atoms with Gasteiger partial charge in [-0.1, -0.05) is 0 Å². The first kappa shape index (κ1) is 14.1. The molecule has 0 saturated heterocycles. The fourth-order valence-electron chi connectivity index (χ4n) is 1.79. The summed E-state index contributed by atoms with van der Waals surface area (Å²) in [6.07, 6.45) is 0. The van der Waals surface area contributed by atoms with Crippen LogP contribution >= 0.6 is 0 Å². The fourth-order valence-corrected chi connectivity index (χ4v) is 1.79. The summed E-state index contributed by atoms with van der Waals surface area (Å²) >= 11 is 0. The van der Waals surface area contributed by atoms with E-state index in [0.717, 1.165) is 0 Å². The average molecular weight is 284 g/mol. The van der Waals surface area contributed by atoms with Crippen LogP contribution < -0.4 is 14.2 Å². The van der Waals surface area contributed by atoms with E-state index in [2.05, 4.69) is 4.74 Å². The van der Waals surface area contributed by atoms with Gasteiger partial charge in [0, 0.05) is 6.07 Å². The van der Waals surface area contributed by atoms with Crippen molar-refractivity contribution in [2.45, 2.75) is 6.92 Å². The van der Waals surface area contributed by atoms with Crippen LogP contribution in [0.15, 0.2) is 6.07 Å². The molecule has 0 radical (unpaired) electrons. The maximum Gasteiger partial charge on any atom is 0.379 e. The van der Waals surface area contributed by atoms with Gasteiger partial charge in [0.05, 0.1) is 13.7 Å². The van der Waals surface area contributed by atoms with E-state index in [0.29, 0.717) is 0 Å². The molecule has 1 aliphatic rings. The molecular weight excluding hydrogens is 271 g/mol. The van der Waals surface area contributed by atoms with Crippen LogP contribution in [-0.4, -0.2) is 38.7 Å². The number of hydrogen-bond acceptors (Lipinski definition) is 6. The van der Waals surface area contributed by atoms with E-state index in [-0.39, 0.29) is 37.1 Å². The first-order valence-electron chi connectivity index (χ1n) is 5.97. The lowest BCUT2D eigenvalue weighted by Crippen LogP contribution is -2.23. The number of benzene rings is 1. The number of carbonyl (C=O) groups is 2. The van der Waals surface area contributed by atoms with Crippen LogP contribution in [0.1, 0.15) is 17.3 Å². The van der Waals surface area contributed by atoms with Crippen molar-refractivity contribution >= 4 is 11.8 Å². The van der Waals surface area contributed by atoms with E-state index in [1.807, 2.05) is 0 Å². The van der Waals surface area contributed by atoms with Gasteiger partial charge in [-0.3, -0.25) is 4.79 Å². The zero-order valence-electron chi connectivity index (χ0n) is 11.0. The third-order valence-corrected chi connectivity index (χ3v) is 2.64. The molecule has 1 aromatic rings. The Hall–Kier alpha value is -2.31. The van der Waals surface area contributed by atoms with Gasteiger partial charge in [-0.2, -0.15) is 0 Å². The van der Waals surface area contributed by atoms with Gasteiger partial charge >= 0.3 is 5.97 Å².